The first-order chi connectivity index (χ1) is 13.4. The highest BCUT2D eigenvalue weighted by Crippen LogP contribution is 2.40. The Morgan fingerprint density at radius 1 is 1.18 bits per heavy atom. The maximum Gasteiger partial charge on any atom is 0.295 e. The van der Waals surface area contributed by atoms with Gasteiger partial charge in [-0.05, 0) is 54.8 Å². The number of methoxy groups -OCH3 is 1. The zero-order valence-electron chi connectivity index (χ0n) is 16.1. The summed E-state index contributed by atoms with van der Waals surface area (Å²) in [7, 11) is 1.55. The lowest BCUT2D eigenvalue weighted by Crippen LogP contribution is -2.30. The van der Waals surface area contributed by atoms with Crippen LogP contribution in [-0.4, -0.2) is 40.5 Å². The van der Waals surface area contributed by atoms with Crippen LogP contribution in [0.1, 0.15) is 36.1 Å². The molecule has 0 aromatic heterocycles. The van der Waals surface area contributed by atoms with Crippen molar-refractivity contribution in [3.8, 4) is 11.5 Å². The van der Waals surface area contributed by atoms with E-state index in [-0.39, 0.29) is 17.1 Å². The Bertz CT molecular complexity index is 963. The number of phenols is 1. The number of amides is 1. The van der Waals surface area contributed by atoms with Crippen molar-refractivity contribution in [2.45, 2.75) is 26.3 Å². The standard InChI is InChI=1S/C22H23NO5/c1-4-10-23-19(14-6-5-7-15(24)12-14)18(21(26)22(23)27)20(25)17-9-8-16(28-3)11-13(17)2/h5-9,11-12,19,24-25H,4,10H2,1-3H3/b20-18-. The number of nitrogens with zero attached hydrogens (tertiary/aromatic N) is 1. The topological polar surface area (TPSA) is 87.1 Å². The van der Waals surface area contributed by atoms with Gasteiger partial charge in [-0.1, -0.05) is 19.1 Å². The number of Topliss-reactive ketones (excluding diaryl/α,β-unsaturated/α-hetero) is 1. The number of ether oxygens (including phenoxy) is 1. The van der Waals surface area contributed by atoms with Crippen LogP contribution in [0.3, 0.4) is 0 Å². The summed E-state index contributed by atoms with van der Waals surface area (Å²) >= 11 is 0. The molecule has 2 aromatic rings. The van der Waals surface area contributed by atoms with Gasteiger partial charge in [0.2, 0.25) is 0 Å². The second-order valence-corrected chi connectivity index (χ2v) is 6.77. The molecular formula is C22H23NO5. The van der Waals surface area contributed by atoms with Crippen molar-refractivity contribution in [1.82, 2.24) is 4.90 Å². The van der Waals surface area contributed by atoms with E-state index in [0.29, 0.717) is 35.4 Å². The molecule has 1 amide bonds. The number of benzene rings is 2. The number of aromatic hydroxyl groups is 1. The molecule has 2 aromatic carbocycles. The second kappa shape index (κ2) is 7.76. The Labute approximate surface area is 163 Å². The number of carbonyl (C=O) groups excluding carboxylic acids is 2. The number of phenolic OH excluding ortho intramolecular Hbond substituents is 1. The highest BCUT2D eigenvalue weighted by atomic mass is 16.5. The second-order valence-electron chi connectivity index (χ2n) is 6.77. The van der Waals surface area contributed by atoms with Crippen LogP contribution in [0.4, 0.5) is 0 Å². The summed E-state index contributed by atoms with van der Waals surface area (Å²) in [4.78, 5) is 26.9. The number of hydrogen-bond donors (Lipinski definition) is 2. The molecule has 1 heterocycles. The molecule has 1 atom stereocenters. The summed E-state index contributed by atoms with van der Waals surface area (Å²) < 4.78 is 5.19. The molecule has 6 heteroatoms. The average Bonchev–Trinajstić information content (AvgIpc) is 2.92. The van der Waals surface area contributed by atoms with Gasteiger partial charge in [0.1, 0.15) is 17.3 Å². The Hall–Kier alpha value is -3.28. The van der Waals surface area contributed by atoms with Crippen LogP contribution < -0.4 is 4.74 Å². The number of hydrogen-bond acceptors (Lipinski definition) is 5. The van der Waals surface area contributed by atoms with Crippen LogP contribution in [0.5, 0.6) is 11.5 Å². The van der Waals surface area contributed by atoms with Crippen molar-refractivity contribution >= 4 is 17.4 Å². The Morgan fingerprint density at radius 2 is 1.93 bits per heavy atom. The minimum atomic E-state index is -0.756. The Kier molecular flexibility index (Phi) is 5.40. The van der Waals surface area contributed by atoms with Crippen LogP contribution in [0, 0.1) is 6.92 Å². The third-order valence-corrected chi connectivity index (χ3v) is 4.88. The van der Waals surface area contributed by atoms with E-state index in [0.717, 1.165) is 0 Å². The van der Waals surface area contributed by atoms with E-state index >= 15 is 0 Å². The molecule has 0 radical (unpaired) electrons. The molecule has 0 bridgehead atoms. The van der Waals surface area contributed by atoms with Gasteiger partial charge in [-0.15, -0.1) is 0 Å². The van der Waals surface area contributed by atoms with E-state index in [1.54, 1.807) is 44.4 Å². The monoisotopic (exact) mass is 381 g/mol. The van der Waals surface area contributed by atoms with Crippen molar-refractivity contribution in [1.29, 1.82) is 0 Å². The lowest BCUT2D eigenvalue weighted by atomic mass is 9.93. The Balaban J connectivity index is 2.21. The summed E-state index contributed by atoms with van der Waals surface area (Å²) in [6, 6.07) is 10.7. The smallest absolute Gasteiger partial charge is 0.295 e. The third-order valence-electron chi connectivity index (χ3n) is 4.88. The summed E-state index contributed by atoms with van der Waals surface area (Å²) in [6.07, 6.45) is 0.657. The van der Waals surface area contributed by atoms with Crippen LogP contribution in [0.25, 0.3) is 5.76 Å². The van der Waals surface area contributed by atoms with Crippen LogP contribution in [0.2, 0.25) is 0 Å². The van der Waals surface area contributed by atoms with Gasteiger partial charge in [0.15, 0.2) is 0 Å². The van der Waals surface area contributed by atoms with Gasteiger partial charge in [-0.2, -0.15) is 0 Å². The SMILES string of the molecule is CCCN1C(=O)C(=O)/C(=C(\O)c2ccc(OC)cc2C)C1c1cccc(O)c1. The Morgan fingerprint density at radius 3 is 2.54 bits per heavy atom. The predicted molar refractivity (Wildman–Crippen MR) is 105 cm³/mol. The third kappa shape index (κ3) is 3.33. The molecule has 1 aliphatic heterocycles. The van der Waals surface area contributed by atoms with E-state index < -0.39 is 17.7 Å². The van der Waals surface area contributed by atoms with Gasteiger partial charge >= 0.3 is 0 Å². The molecular weight excluding hydrogens is 358 g/mol. The number of aliphatic hydroxyl groups excluding tert-OH is 1. The molecule has 1 aliphatic rings. The molecule has 1 fully saturated rings. The van der Waals surface area contributed by atoms with Gasteiger partial charge in [0.05, 0.1) is 18.7 Å². The van der Waals surface area contributed by atoms with Crippen molar-refractivity contribution in [3.63, 3.8) is 0 Å². The number of ketones is 1. The zero-order chi connectivity index (χ0) is 20.4. The van der Waals surface area contributed by atoms with Crippen LogP contribution >= 0.6 is 0 Å². The molecule has 0 aliphatic carbocycles. The molecule has 1 saturated heterocycles. The highest BCUT2D eigenvalue weighted by molar-refractivity contribution is 6.46. The molecule has 0 saturated carbocycles. The molecule has 6 nitrogen and oxygen atoms in total. The maximum absolute atomic E-state index is 12.8. The number of aryl methyl sites for hydroxylation is 1. The first kappa shape index (κ1) is 19.5. The fourth-order valence-electron chi connectivity index (χ4n) is 3.57. The maximum atomic E-state index is 12.8. The van der Waals surface area contributed by atoms with Crippen LogP contribution in [0.15, 0.2) is 48.0 Å². The average molecular weight is 381 g/mol. The molecule has 28 heavy (non-hydrogen) atoms. The minimum Gasteiger partial charge on any atom is -0.508 e. The number of likely N-dealkylation sites (tertiary alicyclic amines) is 1. The first-order valence-corrected chi connectivity index (χ1v) is 9.11. The van der Waals surface area contributed by atoms with Crippen molar-refractivity contribution in [2.75, 3.05) is 13.7 Å². The lowest BCUT2D eigenvalue weighted by molar-refractivity contribution is -0.139. The number of carbonyl (C=O) groups is 2. The highest BCUT2D eigenvalue weighted by Gasteiger charge is 2.45. The summed E-state index contributed by atoms with van der Waals surface area (Å²) in [5, 5.41) is 20.9. The fraction of sp³-hybridized carbons (Fsp3) is 0.273. The molecule has 1 unspecified atom stereocenters. The van der Waals surface area contributed by atoms with Crippen molar-refractivity contribution in [2.24, 2.45) is 0 Å². The fourth-order valence-corrected chi connectivity index (χ4v) is 3.57. The molecule has 146 valence electrons. The normalized spacial score (nSPS) is 18.5. The van der Waals surface area contributed by atoms with E-state index in [1.807, 2.05) is 6.92 Å². The van der Waals surface area contributed by atoms with E-state index in [4.69, 9.17) is 4.74 Å². The van der Waals surface area contributed by atoms with E-state index in [1.165, 1.54) is 17.0 Å². The zero-order valence-corrected chi connectivity index (χ0v) is 16.1. The van der Waals surface area contributed by atoms with Crippen LogP contribution in [-0.2, 0) is 9.59 Å². The largest absolute Gasteiger partial charge is 0.508 e. The first-order valence-electron chi connectivity index (χ1n) is 9.11. The summed E-state index contributed by atoms with van der Waals surface area (Å²) in [5.41, 5.74) is 1.77. The quantitative estimate of drug-likeness (QED) is 0.470. The van der Waals surface area contributed by atoms with Gasteiger partial charge < -0.3 is 19.8 Å². The molecule has 2 N–H and O–H groups in total. The lowest BCUT2D eigenvalue weighted by Gasteiger charge is -2.25. The predicted octanol–water partition coefficient (Wildman–Crippen LogP) is 3.54. The molecule has 0 spiro atoms. The van der Waals surface area contributed by atoms with E-state index in [9.17, 15) is 19.8 Å². The summed E-state index contributed by atoms with van der Waals surface area (Å²) in [5.74, 6) is -0.951. The van der Waals surface area contributed by atoms with Gasteiger partial charge in [-0.25, -0.2) is 0 Å². The number of aliphatic hydroxyl groups is 1. The van der Waals surface area contributed by atoms with Gasteiger partial charge in [0, 0.05) is 12.1 Å². The van der Waals surface area contributed by atoms with Crippen molar-refractivity contribution < 1.29 is 24.5 Å². The van der Waals surface area contributed by atoms with Gasteiger partial charge in [0.25, 0.3) is 11.7 Å². The van der Waals surface area contributed by atoms with Gasteiger partial charge in [-0.3, -0.25) is 9.59 Å². The van der Waals surface area contributed by atoms with Crippen molar-refractivity contribution in [3.05, 3.63) is 64.7 Å². The summed E-state index contributed by atoms with van der Waals surface area (Å²) in [6.45, 7) is 4.07. The number of rotatable bonds is 5. The van der Waals surface area contributed by atoms with E-state index in [2.05, 4.69) is 0 Å². The molecule has 3 rings (SSSR count). The minimum absolute atomic E-state index is 0.0253.